The number of nitrogens with zero attached hydrogens (tertiary/aromatic N) is 2. The molecule has 2 aromatic rings. The predicted molar refractivity (Wildman–Crippen MR) is 100.0 cm³/mol. The van der Waals surface area contributed by atoms with E-state index in [2.05, 4.69) is 34.6 Å². The van der Waals surface area contributed by atoms with Crippen molar-refractivity contribution in [2.75, 3.05) is 20.2 Å². The largest absolute Gasteiger partial charge is 0.494 e. The molecule has 0 aliphatic heterocycles. The zero-order valence-electron chi connectivity index (χ0n) is 15.6. The number of halogens is 1. The molecule has 2 N–H and O–H groups in total. The molecule has 0 bridgehead atoms. The van der Waals surface area contributed by atoms with E-state index in [1.807, 2.05) is 0 Å². The predicted octanol–water partition coefficient (Wildman–Crippen LogP) is 3.07. The number of aryl methyl sites for hydroxylation is 2. The Labute approximate surface area is 153 Å². The van der Waals surface area contributed by atoms with Crippen molar-refractivity contribution in [2.45, 2.75) is 39.7 Å². The quantitative estimate of drug-likeness (QED) is 0.407. The van der Waals surface area contributed by atoms with Gasteiger partial charge in [0.2, 0.25) is 0 Å². The van der Waals surface area contributed by atoms with E-state index in [0.717, 1.165) is 42.2 Å². The van der Waals surface area contributed by atoms with Crippen LogP contribution < -0.4 is 15.4 Å². The molecule has 0 unspecified atom stereocenters. The second-order valence-corrected chi connectivity index (χ2v) is 5.75. The van der Waals surface area contributed by atoms with Crippen molar-refractivity contribution in [1.29, 1.82) is 0 Å². The molecule has 1 aromatic carbocycles. The van der Waals surface area contributed by atoms with Crippen molar-refractivity contribution in [3.63, 3.8) is 0 Å². The average Bonchev–Trinajstić information content (AvgIpc) is 3.07. The summed E-state index contributed by atoms with van der Waals surface area (Å²) >= 11 is 0. The van der Waals surface area contributed by atoms with Gasteiger partial charge in [-0.25, -0.2) is 4.39 Å². The molecule has 0 radical (unpaired) electrons. The lowest BCUT2D eigenvalue weighted by atomic mass is 10.1. The molecule has 1 heterocycles. The summed E-state index contributed by atoms with van der Waals surface area (Å²) in [7, 11) is 1.74. The van der Waals surface area contributed by atoms with E-state index in [1.54, 1.807) is 19.2 Å². The summed E-state index contributed by atoms with van der Waals surface area (Å²) < 4.78 is 23.8. The maximum Gasteiger partial charge on any atom is 0.191 e. The number of nitrogens with one attached hydrogen (secondary N) is 2. The molecule has 26 heavy (non-hydrogen) atoms. The van der Waals surface area contributed by atoms with Gasteiger partial charge in [0, 0.05) is 32.1 Å². The molecule has 0 aliphatic carbocycles. The summed E-state index contributed by atoms with van der Waals surface area (Å²) in [5.41, 5.74) is 2.09. The van der Waals surface area contributed by atoms with Crippen molar-refractivity contribution >= 4 is 5.96 Å². The molecular weight excluding hydrogens is 335 g/mol. The Bertz CT molecular complexity index is 677. The maximum atomic E-state index is 12.8. The van der Waals surface area contributed by atoms with E-state index in [4.69, 9.17) is 9.26 Å². The Morgan fingerprint density at radius 1 is 1.19 bits per heavy atom. The normalized spacial score (nSPS) is 11.5. The highest BCUT2D eigenvalue weighted by molar-refractivity contribution is 5.79. The SMILES string of the molecule is CCc1noc(CC)c1CNC(=NC)NCCCOc1ccc(F)cc1. The summed E-state index contributed by atoms with van der Waals surface area (Å²) in [6, 6.07) is 6.02. The highest BCUT2D eigenvalue weighted by Gasteiger charge is 2.13. The van der Waals surface area contributed by atoms with Crippen LogP contribution in [0.2, 0.25) is 0 Å². The van der Waals surface area contributed by atoms with Gasteiger partial charge in [-0.05, 0) is 37.1 Å². The van der Waals surface area contributed by atoms with Crippen molar-refractivity contribution in [2.24, 2.45) is 4.99 Å². The lowest BCUT2D eigenvalue weighted by Crippen LogP contribution is -2.37. The zero-order chi connectivity index (χ0) is 18.8. The number of hydrogen-bond donors (Lipinski definition) is 2. The van der Waals surface area contributed by atoms with E-state index in [-0.39, 0.29) is 5.82 Å². The molecule has 2 rings (SSSR count). The van der Waals surface area contributed by atoms with E-state index in [0.29, 0.717) is 25.4 Å². The number of ether oxygens (including phenoxy) is 1. The Hall–Kier alpha value is -2.57. The van der Waals surface area contributed by atoms with Gasteiger partial charge in [-0.1, -0.05) is 19.0 Å². The molecule has 0 atom stereocenters. The van der Waals surface area contributed by atoms with Gasteiger partial charge in [-0.15, -0.1) is 0 Å². The van der Waals surface area contributed by atoms with Gasteiger partial charge in [-0.3, -0.25) is 4.99 Å². The molecule has 1 aromatic heterocycles. The number of aromatic nitrogens is 1. The number of rotatable bonds is 9. The minimum atomic E-state index is -0.265. The van der Waals surface area contributed by atoms with Crippen LogP contribution in [0.4, 0.5) is 4.39 Å². The zero-order valence-corrected chi connectivity index (χ0v) is 15.6. The Morgan fingerprint density at radius 2 is 1.96 bits per heavy atom. The van der Waals surface area contributed by atoms with Crippen molar-refractivity contribution in [3.05, 3.63) is 47.1 Å². The smallest absolute Gasteiger partial charge is 0.191 e. The fourth-order valence-corrected chi connectivity index (χ4v) is 2.53. The fourth-order valence-electron chi connectivity index (χ4n) is 2.53. The lowest BCUT2D eigenvalue weighted by molar-refractivity contribution is 0.310. The van der Waals surface area contributed by atoms with E-state index in [1.165, 1.54) is 12.1 Å². The Balaban J connectivity index is 1.71. The first kappa shape index (κ1) is 19.8. The van der Waals surface area contributed by atoms with Gasteiger partial charge in [0.1, 0.15) is 17.3 Å². The van der Waals surface area contributed by atoms with Gasteiger partial charge in [0.05, 0.1) is 12.3 Å². The van der Waals surface area contributed by atoms with E-state index >= 15 is 0 Å². The minimum Gasteiger partial charge on any atom is -0.494 e. The van der Waals surface area contributed by atoms with E-state index in [9.17, 15) is 4.39 Å². The first-order valence-electron chi connectivity index (χ1n) is 8.97. The van der Waals surface area contributed by atoms with Crippen LogP contribution in [-0.4, -0.2) is 31.3 Å². The summed E-state index contributed by atoms with van der Waals surface area (Å²) in [6.07, 6.45) is 2.45. The number of aliphatic imine (C=N–C) groups is 1. The van der Waals surface area contributed by atoms with Gasteiger partial charge < -0.3 is 19.9 Å². The monoisotopic (exact) mass is 362 g/mol. The van der Waals surface area contributed by atoms with Crippen LogP contribution in [0.25, 0.3) is 0 Å². The summed E-state index contributed by atoms with van der Waals surface area (Å²) in [5, 5.41) is 10.7. The lowest BCUT2D eigenvalue weighted by Gasteiger charge is -2.12. The molecule has 0 fully saturated rings. The van der Waals surface area contributed by atoms with Crippen LogP contribution in [0.15, 0.2) is 33.8 Å². The number of benzene rings is 1. The van der Waals surface area contributed by atoms with Crippen molar-refractivity contribution in [1.82, 2.24) is 15.8 Å². The average molecular weight is 362 g/mol. The molecule has 6 nitrogen and oxygen atoms in total. The maximum absolute atomic E-state index is 12.8. The van der Waals surface area contributed by atoms with Gasteiger partial charge in [0.25, 0.3) is 0 Å². The van der Waals surface area contributed by atoms with Crippen LogP contribution in [0, 0.1) is 5.82 Å². The first-order valence-corrected chi connectivity index (χ1v) is 8.97. The van der Waals surface area contributed by atoms with Crippen LogP contribution in [-0.2, 0) is 19.4 Å². The highest BCUT2D eigenvalue weighted by atomic mass is 19.1. The second-order valence-electron chi connectivity index (χ2n) is 5.75. The van der Waals surface area contributed by atoms with Gasteiger partial charge in [0.15, 0.2) is 5.96 Å². The van der Waals surface area contributed by atoms with Crippen LogP contribution in [0.5, 0.6) is 5.75 Å². The minimum absolute atomic E-state index is 0.265. The first-order chi connectivity index (χ1) is 12.7. The Morgan fingerprint density at radius 3 is 2.62 bits per heavy atom. The molecular formula is C19H27FN4O2. The standard InChI is InChI=1S/C19H27FN4O2/c1-4-17-16(18(5-2)26-24-17)13-23-19(21-3)22-11-6-12-25-15-9-7-14(20)8-10-15/h7-10H,4-6,11-13H2,1-3H3,(H2,21,22,23). The third kappa shape index (κ3) is 5.75. The fraction of sp³-hybridized carbons (Fsp3) is 0.474. The molecule has 7 heteroatoms. The topological polar surface area (TPSA) is 71.7 Å². The third-order valence-corrected chi connectivity index (χ3v) is 3.96. The van der Waals surface area contributed by atoms with Crippen LogP contribution in [0.3, 0.4) is 0 Å². The summed E-state index contributed by atoms with van der Waals surface area (Å²) in [4.78, 5) is 4.22. The number of hydrogen-bond acceptors (Lipinski definition) is 4. The van der Waals surface area contributed by atoms with E-state index < -0.39 is 0 Å². The second kappa shape index (κ2) is 10.4. The van der Waals surface area contributed by atoms with Gasteiger partial charge in [-0.2, -0.15) is 0 Å². The Kier molecular flexibility index (Phi) is 7.92. The number of guanidine groups is 1. The van der Waals surface area contributed by atoms with Crippen molar-refractivity contribution < 1.29 is 13.7 Å². The molecule has 0 amide bonds. The van der Waals surface area contributed by atoms with Crippen molar-refractivity contribution in [3.8, 4) is 5.75 Å². The third-order valence-electron chi connectivity index (χ3n) is 3.96. The molecule has 142 valence electrons. The molecule has 0 saturated heterocycles. The molecule has 0 spiro atoms. The molecule has 0 aliphatic rings. The summed E-state index contributed by atoms with van der Waals surface area (Å²) in [5.74, 6) is 2.04. The van der Waals surface area contributed by atoms with Crippen LogP contribution >= 0.6 is 0 Å². The van der Waals surface area contributed by atoms with Crippen LogP contribution in [0.1, 0.15) is 37.3 Å². The summed E-state index contributed by atoms with van der Waals surface area (Å²) in [6.45, 7) is 6.00. The highest BCUT2D eigenvalue weighted by Crippen LogP contribution is 2.15. The molecule has 0 saturated carbocycles. The van der Waals surface area contributed by atoms with Gasteiger partial charge >= 0.3 is 0 Å².